The second kappa shape index (κ2) is 13.3. The second-order valence-electron chi connectivity index (χ2n) is 17.1. The highest BCUT2D eigenvalue weighted by Gasteiger charge is 2.21. The SMILES string of the molecule is c1ccc2c(-c3c4ccccc4c(-c4ccc5cc(-c6ccc7c(c6)c6ccccc6c6c7sc7c8ccccc8c8ccccc8c76)ccc5c4)c4ccccc34)cccc2c1. The third-order valence-electron chi connectivity index (χ3n) is 13.8. The Kier molecular flexibility index (Phi) is 7.37. The Labute approximate surface area is 367 Å². The van der Waals surface area contributed by atoms with Crippen LogP contribution < -0.4 is 0 Å². The van der Waals surface area contributed by atoms with Crippen LogP contribution in [-0.2, 0) is 0 Å². The Bertz CT molecular complexity index is 4200. The van der Waals surface area contributed by atoms with Crippen LogP contribution in [0.5, 0.6) is 0 Å². The van der Waals surface area contributed by atoms with Crippen LogP contribution in [0.3, 0.4) is 0 Å². The average molecular weight is 813 g/mol. The molecule has 0 unspecified atom stereocenters. The fraction of sp³-hybridized carbons (Fsp3) is 0. The molecule has 290 valence electrons. The summed E-state index contributed by atoms with van der Waals surface area (Å²) in [4.78, 5) is 0. The quantitative estimate of drug-likeness (QED) is 0.123. The van der Waals surface area contributed by atoms with Crippen LogP contribution in [-0.4, -0.2) is 0 Å². The van der Waals surface area contributed by atoms with E-state index >= 15 is 0 Å². The first-order valence-corrected chi connectivity index (χ1v) is 22.6. The van der Waals surface area contributed by atoms with Crippen LogP contribution >= 0.6 is 11.3 Å². The first-order chi connectivity index (χ1) is 31.3. The van der Waals surface area contributed by atoms with Crippen LogP contribution in [0.2, 0.25) is 0 Å². The van der Waals surface area contributed by atoms with Crippen molar-refractivity contribution in [3.8, 4) is 33.4 Å². The van der Waals surface area contributed by atoms with Crippen molar-refractivity contribution in [1.82, 2.24) is 0 Å². The second-order valence-corrected chi connectivity index (χ2v) is 18.1. The summed E-state index contributed by atoms with van der Waals surface area (Å²) in [6, 6.07) is 81.5. The monoisotopic (exact) mass is 812 g/mol. The lowest BCUT2D eigenvalue weighted by Crippen LogP contribution is -1.91. The van der Waals surface area contributed by atoms with Crippen molar-refractivity contribution in [1.29, 1.82) is 0 Å². The predicted molar refractivity (Wildman–Crippen MR) is 276 cm³/mol. The molecule has 0 amide bonds. The fourth-order valence-electron chi connectivity index (χ4n) is 11.0. The van der Waals surface area contributed by atoms with Crippen molar-refractivity contribution in [3.63, 3.8) is 0 Å². The number of rotatable bonds is 3. The minimum absolute atomic E-state index is 1.23. The molecule has 1 aromatic heterocycles. The zero-order valence-electron chi connectivity index (χ0n) is 34.2. The molecule has 13 aromatic carbocycles. The molecule has 0 aliphatic rings. The molecule has 14 rings (SSSR count). The number of fused-ring (bicyclic) bond motifs is 17. The Morgan fingerprint density at radius 3 is 1.27 bits per heavy atom. The summed E-state index contributed by atoms with van der Waals surface area (Å²) in [7, 11) is 0. The molecular formula is C62H36S. The Morgan fingerprint density at radius 1 is 0.222 bits per heavy atom. The molecular weight excluding hydrogens is 777 g/mol. The lowest BCUT2D eigenvalue weighted by Gasteiger charge is -2.19. The van der Waals surface area contributed by atoms with Gasteiger partial charge in [-0.1, -0.05) is 200 Å². The van der Waals surface area contributed by atoms with Gasteiger partial charge in [0.05, 0.1) is 0 Å². The molecule has 63 heavy (non-hydrogen) atoms. The standard InChI is InChI=1S/C62H36S/c1-2-16-43-37(14-1)15-13-27-47(43)58-52-24-10-8-22-50(52)57(51-23-9-11-25-53(51)58)42-31-30-38-34-39(28-29-40(38)35-42)41-32-33-55-56(36-41)46-19-4-7-21-49(46)60-59-48-20-6-3-17-44(48)45-18-5-12-26-54(45)61(59)63-62(55)60/h1-36H. The van der Waals surface area contributed by atoms with Crippen molar-refractivity contribution >= 4 is 118 Å². The van der Waals surface area contributed by atoms with E-state index in [2.05, 4.69) is 218 Å². The molecule has 14 aromatic rings. The van der Waals surface area contributed by atoms with Gasteiger partial charge in [0.1, 0.15) is 0 Å². The molecule has 0 nitrogen and oxygen atoms in total. The van der Waals surface area contributed by atoms with Gasteiger partial charge in [0, 0.05) is 30.9 Å². The Hall–Kier alpha value is -7.84. The van der Waals surface area contributed by atoms with Crippen molar-refractivity contribution < 1.29 is 0 Å². The smallest absolute Gasteiger partial charge is 0.0440 e. The lowest BCUT2D eigenvalue weighted by molar-refractivity contribution is 1.67. The topological polar surface area (TPSA) is 0 Å². The molecule has 0 saturated heterocycles. The molecule has 0 fully saturated rings. The van der Waals surface area contributed by atoms with E-state index in [1.165, 1.54) is 140 Å². The lowest BCUT2D eigenvalue weighted by atomic mass is 9.84. The van der Waals surface area contributed by atoms with Gasteiger partial charge < -0.3 is 0 Å². The van der Waals surface area contributed by atoms with Crippen LogP contribution in [0.15, 0.2) is 218 Å². The highest BCUT2D eigenvalue weighted by molar-refractivity contribution is 7.28. The van der Waals surface area contributed by atoms with E-state index in [9.17, 15) is 0 Å². The van der Waals surface area contributed by atoms with E-state index < -0.39 is 0 Å². The van der Waals surface area contributed by atoms with E-state index in [0.717, 1.165) is 0 Å². The zero-order chi connectivity index (χ0) is 41.2. The van der Waals surface area contributed by atoms with E-state index in [1.54, 1.807) is 0 Å². The summed E-state index contributed by atoms with van der Waals surface area (Å²) in [6.45, 7) is 0. The van der Waals surface area contributed by atoms with Gasteiger partial charge in [0.2, 0.25) is 0 Å². The van der Waals surface area contributed by atoms with Gasteiger partial charge in [-0.15, -0.1) is 11.3 Å². The molecule has 1 heterocycles. The number of hydrogen-bond donors (Lipinski definition) is 0. The van der Waals surface area contributed by atoms with Gasteiger partial charge in [-0.2, -0.15) is 0 Å². The molecule has 1 heteroatoms. The summed E-state index contributed by atoms with van der Waals surface area (Å²) in [5.74, 6) is 0. The van der Waals surface area contributed by atoms with Gasteiger partial charge in [0.25, 0.3) is 0 Å². The molecule has 0 aliphatic heterocycles. The van der Waals surface area contributed by atoms with Crippen molar-refractivity contribution in [2.45, 2.75) is 0 Å². The molecule has 0 bridgehead atoms. The number of benzene rings is 13. The summed E-state index contributed by atoms with van der Waals surface area (Å²) in [6.07, 6.45) is 0. The Morgan fingerprint density at radius 2 is 0.635 bits per heavy atom. The maximum absolute atomic E-state index is 2.43. The van der Waals surface area contributed by atoms with Crippen molar-refractivity contribution in [2.24, 2.45) is 0 Å². The summed E-state index contributed by atoms with van der Waals surface area (Å²) < 4.78 is 2.74. The van der Waals surface area contributed by atoms with E-state index in [0.29, 0.717) is 0 Å². The maximum Gasteiger partial charge on any atom is 0.0440 e. The first kappa shape index (κ1) is 34.8. The van der Waals surface area contributed by atoms with Gasteiger partial charge in [0.15, 0.2) is 0 Å². The van der Waals surface area contributed by atoms with Crippen LogP contribution in [0.25, 0.3) is 140 Å². The van der Waals surface area contributed by atoms with Crippen molar-refractivity contribution in [2.75, 3.05) is 0 Å². The van der Waals surface area contributed by atoms with E-state index in [4.69, 9.17) is 0 Å². The minimum Gasteiger partial charge on any atom is -0.134 e. The zero-order valence-corrected chi connectivity index (χ0v) is 35.0. The Balaban J connectivity index is 0.936. The number of hydrogen-bond acceptors (Lipinski definition) is 1. The molecule has 0 N–H and O–H groups in total. The first-order valence-electron chi connectivity index (χ1n) is 21.8. The van der Waals surface area contributed by atoms with Crippen molar-refractivity contribution in [3.05, 3.63) is 218 Å². The highest BCUT2D eigenvalue weighted by atomic mass is 32.1. The normalized spacial score (nSPS) is 12.1. The van der Waals surface area contributed by atoms with Gasteiger partial charge in [-0.25, -0.2) is 0 Å². The van der Waals surface area contributed by atoms with Gasteiger partial charge in [-0.3, -0.25) is 0 Å². The summed E-state index contributed by atoms with van der Waals surface area (Å²) >= 11 is 1.95. The maximum atomic E-state index is 2.43. The fourth-order valence-corrected chi connectivity index (χ4v) is 12.4. The largest absolute Gasteiger partial charge is 0.134 e. The summed E-state index contributed by atoms with van der Waals surface area (Å²) in [5, 5.41) is 23.4. The van der Waals surface area contributed by atoms with Gasteiger partial charge >= 0.3 is 0 Å². The highest BCUT2D eigenvalue weighted by Crippen LogP contribution is 2.50. The summed E-state index contributed by atoms with van der Waals surface area (Å²) in [5.41, 5.74) is 7.55. The van der Waals surface area contributed by atoms with Gasteiger partial charge in [-0.05, 0) is 127 Å². The third kappa shape index (κ3) is 5.03. The van der Waals surface area contributed by atoms with Crippen LogP contribution in [0.4, 0.5) is 0 Å². The molecule has 0 aliphatic carbocycles. The van der Waals surface area contributed by atoms with Crippen LogP contribution in [0.1, 0.15) is 0 Å². The van der Waals surface area contributed by atoms with Crippen LogP contribution in [0, 0.1) is 0 Å². The third-order valence-corrected chi connectivity index (χ3v) is 15.0. The minimum atomic E-state index is 1.23. The molecule has 0 spiro atoms. The predicted octanol–water partition coefficient (Wildman–Crippen LogP) is 18.3. The molecule has 0 radical (unpaired) electrons. The molecule has 0 atom stereocenters. The average Bonchev–Trinajstić information content (AvgIpc) is 3.77. The van der Waals surface area contributed by atoms with E-state index in [-0.39, 0.29) is 0 Å². The number of thiophene rings is 1. The van der Waals surface area contributed by atoms with E-state index in [1.807, 2.05) is 11.3 Å². The molecule has 0 saturated carbocycles.